The van der Waals surface area contributed by atoms with Crippen LogP contribution in [0.4, 0.5) is 13.2 Å². The number of carbonyl (C=O) groups excluding carboxylic acids is 1. The summed E-state index contributed by atoms with van der Waals surface area (Å²) in [5, 5.41) is 29.7. The lowest BCUT2D eigenvalue weighted by molar-refractivity contribution is -0.140. The second-order valence-corrected chi connectivity index (χ2v) is 7.75. The van der Waals surface area contributed by atoms with Gasteiger partial charge in [0.25, 0.3) is 5.56 Å². The lowest BCUT2D eigenvalue weighted by Gasteiger charge is -2.21. The molecule has 10 heteroatoms. The molecule has 0 spiro atoms. The van der Waals surface area contributed by atoms with E-state index >= 15 is 0 Å². The number of aryl methyl sites for hydroxylation is 2. The highest BCUT2D eigenvalue weighted by Crippen LogP contribution is 2.34. The summed E-state index contributed by atoms with van der Waals surface area (Å²) in [6.45, 7) is 1.64. The molecule has 0 amide bonds. The van der Waals surface area contributed by atoms with Gasteiger partial charge in [0.2, 0.25) is 0 Å². The minimum absolute atomic E-state index is 0.0826. The van der Waals surface area contributed by atoms with Crippen LogP contribution in [-0.2, 0) is 22.5 Å². The number of esters is 1. The van der Waals surface area contributed by atoms with Crippen LogP contribution in [0.1, 0.15) is 34.7 Å². The molecule has 34 heavy (non-hydrogen) atoms. The Kier molecular flexibility index (Phi) is 7.19. The molecule has 0 radical (unpaired) electrons. The van der Waals surface area contributed by atoms with Crippen molar-refractivity contribution in [3.8, 4) is 17.2 Å². The zero-order chi connectivity index (χ0) is 25.2. The summed E-state index contributed by atoms with van der Waals surface area (Å²) >= 11 is 0. The molecule has 3 N–H and O–H groups in total. The van der Waals surface area contributed by atoms with Crippen molar-refractivity contribution in [1.82, 2.24) is 4.57 Å². The first-order valence-electron chi connectivity index (χ1n) is 10.2. The topological polar surface area (TPSA) is 109 Å². The molecule has 0 saturated carbocycles. The van der Waals surface area contributed by atoms with Crippen LogP contribution in [0.5, 0.6) is 17.2 Å². The molecule has 0 saturated heterocycles. The highest BCUT2D eigenvalue weighted by atomic mass is 19.2. The molecule has 3 aromatic rings. The van der Waals surface area contributed by atoms with Gasteiger partial charge in [-0.05, 0) is 54.8 Å². The number of rotatable bonds is 7. The van der Waals surface area contributed by atoms with E-state index in [9.17, 15) is 38.1 Å². The first-order chi connectivity index (χ1) is 16.0. The lowest BCUT2D eigenvalue weighted by Crippen LogP contribution is -2.29. The Bertz CT molecular complexity index is 1280. The van der Waals surface area contributed by atoms with E-state index in [1.54, 1.807) is 13.0 Å². The summed E-state index contributed by atoms with van der Waals surface area (Å²) in [7, 11) is 1.09. The third-order valence-corrected chi connectivity index (χ3v) is 5.54. The summed E-state index contributed by atoms with van der Waals surface area (Å²) in [5.74, 6) is -7.99. The maximum atomic E-state index is 13.9. The van der Waals surface area contributed by atoms with Crippen molar-refractivity contribution in [3.05, 3.63) is 86.6 Å². The molecule has 0 aliphatic heterocycles. The van der Waals surface area contributed by atoms with Gasteiger partial charge in [0, 0.05) is 18.2 Å². The molecule has 0 fully saturated rings. The van der Waals surface area contributed by atoms with Crippen molar-refractivity contribution in [2.45, 2.75) is 32.2 Å². The number of pyridine rings is 1. The van der Waals surface area contributed by atoms with Crippen LogP contribution in [0.25, 0.3) is 0 Å². The summed E-state index contributed by atoms with van der Waals surface area (Å²) < 4.78 is 47.3. The van der Waals surface area contributed by atoms with Crippen LogP contribution in [0.3, 0.4) is 0 Å². The third-order valence-electron chi connectivity index (χ3n) is 5.54. The Morgan fingerprint density at radius 1 is 1.00 bits per heavy atom. The first kappa shape index (κ1) is 24.7. The summed E-state index contributed by atoms with van der Waals surface area (Å²) in [6.07, 6.45) is -0.293. The molecule has 7 nitrogen and oxygen atoms in total. The van der Waals surface area contributed by atoms with Crippen molar-refractivity contribution >= 4 is 5.97 Å². The number of benzene rings is 2. The second kappa shape index (κ2) is 9.90. The van der Waals surface area contributed by atoms with E-state index in [1.807, 2.05) is 0 Å². The summed E-state index contributed by atoms with van der Waals surface area (Å²) in [6, 6.07) is 6.78. The molecule has 1 atom stereocenters. The van der Waals surface area contributed by atoms with Gasteiger partial charge in [0.05, 0.1) is 19.1 Å². The van der Waals surface area contributed by atoms with Crippen molar-refractivity contribution in [3.63, 3.8) is 0 Å². The second-order valence-electron chi connectivity index (χ2n) is 7.75. The number of phenolic OH excluding ortho intramolecular Hbond substituents is 2. The van der Waals surface area contributed by atoms with Crippen LogP contribution in [0, 0.1) is 24.4 Å². The van der Waals surface area contributed by atoms with Crippen molar-refractivity contribution in [1.29, 1.82) is 0 Å². The number of aromatic nitrogens is 1. The van der Waals surface area contributed by atoms with E-state index in [4.69, 9.17) is 0 Å². The quantitative estimate of drug-likeness (QED) is 0.273. The smallest absolute Gasteiger partial charge is 0.306 e. The Labute approximate surface area is 192 Å². The minimum atomic E-state index is -1.71. The molecule has 180 valence electrons. The van der Waals surface area contributed by atoms with Crippen LogP contribution in [0.2, 0.25) is 0 Å². The van der Waals surface area contributed by atoms with Crippen LogP contribution >= 0.6 is 0 Å². The normalized spacial score (nSPS) is 11.9. The standard InChI is InChI=1S/C24H22F3NO6/c1-12-7-20(31)22(24(33)28(12)6-5-13-3-4-18(29)19(30)8-13)15(11-21(32)34-2)14-9-16(25)23(27)17(26)10-14/h3-4,7-10,15,29-31H,5-6,11H2,1-2H3/t15-/m1/s1. The van der Waals surface area contributed by atoms with Gasteiger partial charge in [0.1, 0.15) is 5.75 Å². The van der Waals surface area contributed by atoms with Gasteiger partial charge in [-0.25, -0.2) is 13.2 Å². The number of aromatic hydroxyl groups is 3. The predicted octanol–water partition coefficient (Wildman–Crippen LogP) is 3.63. The average Bonchev–Trinajstić information content (AvgIpc) is 2.78. The highest BCUT2D eigenvalue weighted by molar-refractivity contribution is 5.71. The fourth-order valence-electron chi connectivity index (χ4n) is 3.75. The molecule has 0 aliphatic rings. The van der Waals surface area contributed by atoms with Gasteiger partial charge < -0.3 is 24.6 Å². The highest BCUT2D eigenvalue weighted by Gasteiger charge is 2.28. The number of nitrogens with zero attached hydrogens (tertiary/aromatic N) is 1. The molecular weight excluding hydrogens is 455 g/mol. The number of methoxy groups -OCH3 is 1. The van der Waals surface area contributed by atoms with E-state index in [0.29, 0.717) is 23.4 Å². The SMILES string of the molecule is COC(=O)C[C@H](c1cc(F)c(F)c(F)c1)c1c(O)cc(C)n(CCc2ccc(O)c(O)c2)c1=O. The molecule has 3 rings (SSSR count). The van der Waals surface area contributed by atoms with Gasteiger partial charge in [-0.1, -0.05) is 6.07 Å². The van der Waals surface area contributed by atoms with Crippen molar-refractivity contribution in [2.75, 3.05) is 7.11 Å². The van der Waals surface area contributed by atoms with Crippen molar-refractivity contribution in [2.24, 2.45) is 0 Å². The fourth-order valence-corrected chi connectivity index (χ4v) is 3.75. The third kappa shape index (κ3) is 5.00. The van der Waals surface area contributed by atoms with E-state index in [0.717, 1.165) is 7.11 Å². The molecule has 1 heterocycles. The van der Waals surface area contributed by atoms with E-state index < -0.39 is 47.1 Å². The summed E-state index contributed by atoms with van der Waals surface area (Å²) in [4.78, 5) is 25.4. The molecule has 0 aliphatic carbocycles. The molecule has 1 aromatic heterocycles. The van der Waals surface area contributed by atoms with Gasteiger partial charge in [-0.3, -0.25) is 9.59 Å². The Hall–Kier alpha value is -3.95. The van der Waals surface area contributed by atoms with Crippen LogP contribution in [-0.4, -0.2) is 33.0 Å². The number of carbonyl (C=O) groups is 1. The minimum Gasteiger partial charge on any atom is -0.507 e. The Morgan fingerprint density at radius 3 is 2.24 bits per heavy atom. The van der Waals surface area contributed by atoms with Gasteiger partial charge in [-0.15, -0.1) is 0 Å². The number of ether oxygens (including phenoxy) is 1. The first-order valence-corrected chi connectivity index (χ1v) is 10.2. The van der Waals surface area contributed by atoms with E-state index in [2.05, 4.69) is 4.74 Å². The Balaban J connectivity index is 2.09. The van der Waals surface area contributed by atoms with Crippen LogP contribution in [0.15, 0.2) is 41.2 Å². The largest absolute Gasteiger partial charge is 0.507 e. The number of hydrogen-bond donors (Lipinski definition) is 3. The van der Waals surface area contributed by atoms with E-state index in [-0.39, 0.29) is 35.6 Å². The maximum Gasteiger partial charge on any atom is 0.306 e. The van der Waals surface area contributed by atoms with Crippen LogP contribution < -0.4 is 5.56 Å². The van der Waals surface area contributed by atoms with Crippen molar-refractivity contribution < 1.29 is 38.0 Å². The number of hydrogen-bond acceptors (Lipinski definition) is 6. The van der Waals surface area contributed by atoms with Gasteiger partial charge in [-0.2, -0.15) is 0 Å². The number of phenols is 2. The zero-order valence-corrected chi connectivity index (χ0v) is 18.3. The average molecular weight is 477 g/mol. The summed E-state index contributed by atoms with van der Waals surface area (Å²) in [5.41, 5.74) is -0.296. The maximum absolute atomic E-state index is 13.9. The molecule has 2 aromatic carbocycles. The van der Waals surface area contributed by atoms with Gasteiger partial charge >= 0.3 is 5.97 Å². The monoisotopic (exact) mass is 477 g/mol. The van der Waals surface area contributed by atoms with Gasteiger partial charge in [0.15, 0.2) is 29.0 Å². The fraction of sp³-hybridized carbons (Fsp3) is 0.250. The Morgan fingerprint density at radius 2 is 1.65 bits per heavy atom. The number of halogens is 3. The predicted molar refractivity (Wildman–Crippen MR) is 115 cm³/mol. The zero-order valence-electron chi connectivity index (χ0n) is 18.3. The lowest BCUT2D eigenvalue weighted by atomic mass is 9.88. The molecule has 0 unspecified atom stereocenters. The molecular formula is C24H22F3NO6. The molecule has 0 bridgehead atoms. The van der Waals surface area contributed by atoms with E-state index in [1.165, 1.54) is 22.8 Å².